The maximum absolute atomic E-state index is 10.4. The van der Waals surface area contributed by atoms with Gasteiger partial charge in [0.05, 0.1) is 18.4 Å². The van der Waals surface area contributed by atoms with Crippen LogP contribution >= 0.6 is 0 Å². The molecule has 2 aromatic rings. The van der Waals surface area contributed by atoms with E-state index in [4.69, 9.17) is 5.11 Å². The molecular formula is C11H13N3O2. The van der Waals surface area contributed by atoms with Crippen LogP contribution in [-0.2, 0) is 11.3 Å². The fourth-order valence-corrected chi connectivity index (χ4v) is 1.50. The minimum atomic E-state index is -0.800. The van der Waals surface area contributed by atoms with Crippen molar-refractivity contribution in [1.82, 2.24) is 14.5 Å². The number of carbonyl (C=O) groups is 1. The molecule has 84 valence electrons. The van der Waals surface area contributed by atoms with Crippen molar-refractivity contribution in [2.24, 2.45) is 0 Å². The van der Waals surface area contributed by atoms with E-state index in [1.54, 1.807) is 10.9 Å². The van der Waals surface area contributed by atoms with Crippen molar-refractivity contribution in [1.29, 1.82) is 0 Å². The smallest absolute Gasteiger partial charge is 0.305 e. The maximum atomic E-state index is 10.4. The van der Waals surface area contributed by atoms with Crippen molar-refractivity contribution in [3.63, 3.8) is 0 Å². The van der Waals surface area contributed by atoms with Crippen LogP contribution in [0, 0.1) is 6.92 Å². The van der Waals surface area contributed by atoms with Gasteiger partial charge in [0.25, 0.3) is 0 Å². The van der Waals surface area contributed by atoms with Crippen LogP contribution < -0.4 is 0 Å². The van der Waals surface area contributed by atoms with Crippen LogP contribution in [0.2, 0.25) is 0 Å². The third-order valence-corrected chi connectivity index (χ3v) is 2.32. The molecule has 2 N–H and O–H groups in total. The van der Waals surface area contributed by atoms with E-state index in [2.05, 4.69) is 9.97 Å². The minimum absolute atomic E-state index is 0.111. The Labute approximate surface area is 92.8 Å². The number of imidazole rings is 1. The SMILES string of the molecule is Cc1ccc(-c2cn(CCC(=O)O)cn2)[nH]1. The van der Waals surface area contributed by atoms with Crippen molar-refractivity contribution in [2.45, 2.75) is 19.9 Å². The Bertz CT molecular complexity index is 499. The van der Waals surface area contributed by atoms with Gasteiger partial charge < -0.3 is 14.7 Å². The van der Waals surface area contributed by atoms with E-state index in [9.17, 15) is 4.79 Å². The van der Waals surface area contributed by atoms with E-state index in [1.165, 1.54) is 0 Å². The number of aromatic amines is 1. The fourth-order valence-electron chi connectivity index (χ4n) is 1.50. The third-order valence-electron chi connectivity index (χ3n) is 2.32. The molecule has 5 heteroatoms. The molecule has 0 atom stereocenters. The lowest BCUT2D eigenvalue weighted by atomic mass is 10.3. The summed E-state index contributed by atoms with van der Waals surface area (Å²) in [6.45, 7) is 2.42. The molecule has 0 saturated heterocycles. The van der Waals surface area contributed by atoms with Crippen LogP contribution in [0.4, 0.5) is 0 Å². The van der Waals surface area contributed by atoms with Crippen molar-refractivity contribution >= 4 is 5.97 Å². The molecule has 0 aliphatic carbocycles. The molecule has 0 fully saturated rings. The topological polar surface area (TPSA) is 70.9 Å². The Morgan fingerprint density at radius 2 is 2.38 bits per heavy atom. The Morgan fingerprint density at radius 1 is 1.56 bits per heavy atom. The molecule has 5 nitrogen and oxygen atoms in total. The average Bonchev–Trinajstić information content (AvgIpc) is 2.83. The minimum Gasteiger partial charge on any atom is -0.481 e. The van der Waals surface area contributed by atoms with Gasteiger partial charge in [-0.25, -0.2) is 4.98 Å². The number of rotatable bonds is 4. The van der Waals surface area contributed by atoms with E-state index in [1.807, 2.05) is 25.3 Å². The maximum Gasteiger partial charge on any atom is 0.305 e. The number of nitrogens with one attached hydrogen (secondary N) is 1. The van der Waals surface area contributed by atoms with E-state index in [0.29, 0.717) is 6.54 Å². The lowest BCUT2D eigenvalue weighted by Gasteiger charge is -1.96. The monoisotopic (exact) mass is 219 g/mol. The lowest BCUT2D eigenvalue weighted by molar-refractivity contribution is -0.137. The number of aryl methyl sites for hydroxylation is 2. The quantitative estimate of drug-likeness (QED) is 0.821. The summed E-state index contributed by atoms with van der Waals surface area (Å²) in [5.41, 5.74) is 2.86. The van der Waals surface area contributed by atoms with Crippen molar-refractivity contribution in [3.8, 4) is 11.4 Å². The summed E-state index contributed by atoms with van der Waals surface area (Å²) in [5, 5.41) is 8.56. The van der Waals surface area contributed by atoms with E-state index in [-0.39, 0.29) is 6.42 Å². The molecule has 0 unspecified atom stereocenters. The summed E-state index contributed by atoms with van der Waals surface area (Å²) < 4.78 is 1.78. The van der Waals surface area contributed by atoms with Gasteiger partial charge in [0.2, 0.25) is 0 Å². The van der Waals surface area contributed by atoms with Crippen LogP contribution in [0.25, 0.3) is 11.4 Å². The number of aliphatic carboxylic acids is 1. The first-order chi connectivity index (χ1) is 7.65. The Morgan fingerprint density at radius 3 is 3.00 bits per heavy atom. The Hall–Kier alpha value is -2.04. The lowest BCUT2D eigenvalue weighted by Crippen LogP contribution is -2.02. The first-order valence-electron chi connectivity index (χ1n) is 5.05. The molecule has 0 aliphatic heterocycles. The second kappa shape index (κ2) is 4.22. The zero-order valence-electron chi connectivity index (χ0n) is 8.97. The molecule has 0 saturated carbocycles. The Kier molecular flexibility index (Phi) is 2.76. The molecule has 2 heterocycles. The average molecular weight is 219 g/mol. The molecule has 0 aliphatic rings. The Balaban J connectivity index is 2.10. The number of aromatic nitrogens is 3. The number of carboxylic acid groups (broad SMARTS) is 1. The first kappa shape index (κ1) is 10.5. The highest BCUT2D eigenvalue weighted by atomic mass is 16.4. The molecule has 0 radical (unpaired) electrons. The summed E-state index contributed by atoms with van der Waals surface area (Å²) in [6, 6.07) is 3.94. The molecule has 2 aromatic heterocycles. The fraction of sp³-hybridized carbons (Fsp3) is 0.273. The van der Waals surface area contributed by atoms with Gasteiger partial charge in [-0.05, 0) is 19.1 Å². The molecule has 2 rings (SSSR count). The van der Waals surface area contributed by atoms with Crippen molar-refractivity contribution < 1.29 is 9.90 Å². The van der Waals surface area contributed by atoms with Crippen LogP contribution in [0.5, 0.6) is 0 Å². The largest absolute Gasteiger partial charge is 0.481 e. The van der Waals surface area contributed by atoms with Crippen molar-refractivity contribution in [2.75, 3.05) is 0 Å². The summed E-state index contributed by atoms with van der Waals surface area (Å²) >= 11 is 0. The van der Waals surface area contributed by atoms with Gasteiger partial charge in [0, 0.05) is 18.4 Å². The number of hydrogen-bond donors (Lipinski definition) is 2. The van der Waals surface area contributed by atoms with E-state index < -0.39 is 5.97 Å². The van der Waals surface area contributed by atoms with Gasteiger partial charge in [0.1, 0.15) is 5.69 Å². The highest BCUT2D eigenvalue weighted by molar-refractivity contribution is 5.66. The predicted octanol–water partition coefficient (Wildman–Crippen LogP) is 1.66. The van der Waals surface area contributed by atoms with Crippen LogP contribution in [0.15, 0.2) is 24.7 Å². The van der Waals surface area contributed by atoms with Crippen LogP contribution in [0.3, 0.4) is 0 Å². The van der Waals surface area contributed by atoms with Gasteiger partial charge in [-0.15, -0.1) is 0 Å². The number of carboxylic acids is 1. The molecular weight excluding hydrogens is 206 g/mol. The van der Waals surface area contributed by atoms with Gasteiger partial charge in [-0.2, -0.15) is 0 Å². The van der Waals surface area contributed by atoms with Gasteiger partial charge in [-0.1, -0.05) is 0 Å². The number of hydrogen-bond acceptors (Lipinski definition) is 2. The normalized spacial score (nSPS) is 10.6. The second-order valence-electron chi connectivity index (χ2n) is 3.70. The first-order valence-corrected chi connectivity index (χ1v) is 5.05. The van der Waals surface area contributed by atoms with Gasteiger partial charge in [0.15, 0.2) is 0 Å². The summed E-state index contributed by atoms with van der Waals surface area (Å²) in [6.07, 6.45) is 3.60. The number of H-pyrrole nitrogens is 1. The van der Waals surface area contributed by atoms with Crippen molar-refractivity contribution in [3.05, 3.63) is 30.4 Å². The summed E-state index contributed by atoms with van der Waals surface area (Å²) in [4.78, 5) is 17.8. The standard InChI is InChI=1S/C11H13N3O2/c1-8-2-3-9(13-8)10-6-14(7-12-10)5-4-11(15)16/h2-3,6-7,13H,4-5H2,1H3,(H,15,16). The number of nitrogens with zero attached hydrogens (tertiary/aromatic N) is 2. The van der Waals surface area contributed by atoms with Crippen LogP contribution in [-0.4, -0.2) is 25.6 Å². The summed E-state index contributed by atoms with van der Waals surface area (Å²) in [7, 11) is 0. The van der Waals surface area contributed by atoms with E-state index in [0.717, 1.165) is 17.1 Å². The van der Waals surface area contributed by atoms with E-state index >= 15 is 0 Å². The zero-order valence-corrected chi connectivity index (χ0v) is 8.97. The molecule has 0 aromatic carbocycles. The van der Waals surface area contributed by atoms with Gasteiger partial charge in [-0.3, -0.25) is 4.79 Å². The van der Waals surface area contributed by atoms with Gasteiger partial charge >= 0.3 is 5.97 Å². The highest BCUT2D eigenvalue weighted by Gasteiger charge is 2.04. The third kappa shape index (κ3) is 2.31. The second-order valence-corrected chi connectivity index (χ2v) is 3.70. The zero-order chi connectivity index (χ0) is 11.5. The molecule has 0 bridgehead atoms. The van der Waals surface area contributed by atoms with Crippen LogP contribution in [0.1, 0.15) is 12.1 Å². The molecule has 0 amide bonds. The predicted molar refractivity (Wildman–Crippen MR) is 59.0 cm³/mol. The summed E-state index contributed by atoms with van der Waals surface area (Å²) in [5.74, 6) is -0.800. The molecule has 16 heavy (non-hydrogen) atoms. The highest BCUT2D eigenvalue weighted by Crippen LogP contribution is 2.15. The molecule has 0 spiro atoms.